The Morgan fingerprint density at radius 1 is 1.21 bits per heavy atom. The van der Waals surface area contributed by atoms with Gasteiger partial charge >= 0.3 is 0 Å². The van der Waals surface area contributed by atoms with Crippen LogP contribution in [0.25, 0.3) is 16.5 Å². The van der Waals surface area contributed by atoms with E-state index in [0.717, 1.165) is 17.3 Å². The van der Waals surface area contributed by atoms with Gasteiger partial charge in [0.05, 0.1) is 5.52 Å². The van der Waals surface area contributed by atoms with Crippen LogP contribution in [0.4, 0.5) is 4.39 Å². The van der Waals surface area contributed by atoms with Crippen molar-refractivity contribution in [2.24, 2.45) is 5.92 Å². The summed E-state index contributed by atoms with van der Waals surface area (Å²) >= 11 is 0. The first-order chi connectivity index (χ1) is 9.15. The quantitative estimate of drug-likeness (QED) is 0.710. The maximum atomic E-state index is 13.4. The summed E-state index contributed by atoms with van der Waals surface area (Å²) in [7, 11) is 0. The van der Waals surface area contributed by atoms with Gasteiger partial charge in [-0.1, -0.05) is 25.1 Å². The molecule has 2 heteroatoms. The predicted octanol–water partition coefficient (Wildman–Crippen LogP) is 4.82. The van der Waals surface area contributed by atoms with Gasteiger partial charge in [0.1, 0.15) is 5.83 Å². The van der Waals surface area contributed by atoms with Crippen molar-refractivity contribution in [2.75, 3.05) is 0 Å². The highest BCUT2D eigenvalue weighted by Crippen LogP contribution is 2.34. The summed E-state index contributed by atoms with van der Waals surface area (Å²) in [6.07, 6.45) is 6.06. The Morgan fingerprint density at radius 3 is 2.84 bits per heavy atom. The molecule has 1 aliphatic carbocycles. The van der Waals surface area contributed by atoms with Crippen molar-refractivity contribution in [3.8, 4) is 0 Å². The molecule has 1 nitrogen and oxygen atoms in total. The fourth-order valence-electron chi connectivity index (χ4n) is 2.58. The third-order valence-corrected chi connectivity index (χ3v) is 3.68. The lowest BCUT2D eigenvalue weighted by Crippen LogP contribution is -2.02. The average molecular weight is 253 g/mol. The molecule has 1 aliphatic rings. The van der Waals surface area contributed by atoms with Crippen LogP contribution in [-0.4, -0.2) is 4.98 Å². The molecule has 1 heterocycles. The van der Waals surface area contributed by atoms with E-state index in [1.54, 1.807) is 6.08 Å². The van der Waals surface area contributed by atoms with Crippen LogP contribution < -0.4 is 0 Å². The second-order valence-corrected chi connectivity index (χ2v) is 5.23. The Morgan fingerprint density at radius 2 is 2.05 bits per heavy atom. The van der Waals surface area contributed by atoms with E-state index in [1.807, 2.05) is 25.3 Å². The van der Waals surface area contributed by atoms with Crippen LogP contribution in [-0.2, 0) is 0 Å². The second kappa shape index (κ2) is 4.61. The average Bonchev–Trinajstić information content (AvgIpc) is 2.41. The number of aryl methyl sites for hydroxylation is 1. The highest BCUT2D eigenvalue weighted by molar-refractivity contribution is 5.92. The number of fused-ring (bicyclic) bond motifs is 1. The van der Waals surface area contributed by atoms with E-state index in [4.69, 9.17) is 0 Å². The van der Waals surface area contributed by atoms with Gasteiger partial charge in [-0.15, -0.1) is 0 Å². The van der Waals surface area contributed by atoms with E-state index in [0.29, 0.717) is 0 Å². The number of benzene rings is 1. The van der Waals surface area contributed by atoms with Gasteiger partial charge in [0, 0.05) is 17.5 Å². The van der Waals surface area contributed by atoms with Crippen molar-refractivity contribution in [3.63, 3.8) is 0 Å². The Balaban J connectivity index is 2.16. The van der Waals surface area contributed by atoms with Crippen LogP contribution in [0.5, 0.6) is 0 Å². The molecule has 96 valence electrons. The molecule has 0 fully saturated rings. The summed E-state index contributed by atoms with van der Waals surface area (Å²) in [5.74, 6) is -0.0633. The molecule has 0 saturated carbocycles. The van der Waals surface area contributed by atoms with Crippen molar-refractivity contribution in [1.29, 1.82) is 0 Å². The summed E-state index contributed by atoms with van der Waals surface area (Å²) in [6.45, 7) is 3.99. The Hall–Kier alpha value is -1.96. The van der Waals surface area contributed by atoms with E-state index < -0.39 is 0 Å². The van der Waals surface area contributed by atoms with E-state index in [1.165, 1.54) is 16.7 Å². The van der Waals surface area contributed by atoms with Crippen molar-refractivity contribution < 1.29 is 4.39 Å². The van der Waals surface area contributed by atoms with Crippen LogP contribution in [0.1, 0.15) is 24.5 Å². The third kappa shape index (κ3) is 2.19. The minimum absolute atomic E-state index is 0.0297. The van der Waals surface area contributed by atoms with Gasteiger partial charge in [-0.2, -0.15) is 0 Å². The molecule has 0 N–H and O–H groups in total. The lowest BCUT2D eigenvalue weighted by atomic mass is 9.89. The molecule has 1 atom stereocenters. The lowest BCUT2D eigenvalue weighted by Gasteiger charge is -2.18. The van der Waals surface area contributed by atoms with Crippen LogP contribution in [0.15, 0.2) is 48.4 Å². The van der Waals surface area contributed by atoms with E-state index >= 15 is 0 Å². The van der Waals surface area contributed by atoms with Crippen molar-refractivity contribution >= 4 is 16.5 Å². The van der Waals surface area contributed by atoms with Gasteiger partial charge in [0.15, 0.2) is 0 Å². The zero-order chi connectivity index (χ0) is 13.4. The molecule has 0 bridgehead atoms. The molecule has 0 saturated heterocycles. The second-order valence-electron chi connectivity index (χ2n) is 5.23. The number of aromatic nitrogens is 1. The van der Waals surface area contributed by atoms with E-state index in [9.17, 15) is 4.39 Å². The first kappa shape index (κ1) is 12.1. The Bertz CT molecular complexity index is 697. The van der Waals surface area contributed by atoms with Crippen LogP contribution >= 0.6 is 0 Å². The van der Waals surface area contributed by atoms with Crippen LogP contribution in [0.2, 0.25) is 0 Å². The molecular formula is C17H16FN. The molecule has 1 aromatic heterocycles. The van der Waals surface area contributed by atoms with Gasteiger partial charge in [-0.05, 0) is 48.3 Å². The fraction of sp³-hybridized carbons (Fsp3) is 0.235. The summed E-state index contributed by atoms with van der Waals surface area (Å²) in [6, 6.07) is 8.30. The molecule has 0 aliphatic heterocycles. The first-order valence-corrected chi connectivity index (χ1v) is 6.57. The molecule has 0 amide bonds. The molecule has 1 unspecified atom stereocenters. The number of hydrogen-bond acceptors (Lipinski definition) is 1. The predicted molar refractivity (Wildman–Crippen MR) is 77.4 cm³/mol. The fourth-order valence-corrected chi connectivity index (χ4v) is 2.58. The molecule has 0 spiro atoms. The van der Waals surface area contributed by atoms with E-state index in [2.05, 4.69) is 30.1 Å². The number of halogens is 1. The molecule has 0 radical (unpaired) electrons. The van der Waals surface area contributed by atoms with Crippen LogP contribution in [0.3, 0.4) is 0 Å². The first-order valence-electron chi connectivity index (χ1n) is 6.57. The highest BCUT2D eigenvalue weighted by Gasteiger charge is 2.17. The number of hydrogen-bond donors (Lipinski definition) is 0. The maximum Gasteiger partial charge on any atom is 0.103 e. The van der Waals surface area contributed by atoms with Gasteiger partial charge < -0.3 is 0 Å². The smallest absolute Gasteiger partial charge is 0.103 e. The zero-order valence-corrected chi connectivity index (χ0v) is 11.2. The van der Waals surface area contributed by atoms with Crippen molar-refractivity contribution in [1.82, 2.24) is 4.98 Å². The largest absolute Gasteiger partial charge is 0.256 e. The van der Waals surface area contributed by atoms with E-state index in [-0.39, 0.29) is 11.7 Å². The zero-order valence-electron chi connectivity index (χ0n) is 11.2. The minimum Gasteiger partial charge on any atom is -0.256 e. The number of nitrogens with zero attached hydrogens (tertiary/aromatic N) is 1. The molecule has 19 heavy (non-hydrogen) atoms. The summed E-state index contributed by atoms with van der Waals surface area (Å²) in [4.78, 5) is 4.41. The normalized spacial score (nSPS) is 19.2. The monoisotopic (exact) mass is 253 g/mol. The van der Waals surface area contributed by atoms with Crippen molar-refractivity contribution in [3.05, 3.63) is 59.6 Å². The number of rotatable bonds is 1. The van der Waals surface area contributed by atoms with Gasteiger partial charge in [0.25, 0.3) is 0 Å². The third-order valence-electron chi connectivity index (χ3n) is 3.68. The summed E-state index contributed by atoms with van der Waals surface area (Å²) in [5.41, 5.74) is 4.56. The minimum atomic E-state index is -0.0336. The van der Waals surface area contributed by atoms with Gasteiger partial charge in [-0.25, -0.2) is 4.39 Å². The maximum absolute atomic E-state index is 13.4. The number of allylic oxidation sites excluding steroid dienone is 4. The Kier molecular flexibility index (Phi) is 2.94. The Labute approximate surface area is 112 Å². The standard InChI is InChI=1S/C17H16FN/c1-11-3-5-15-14(7-8-19-17(15)9-11)13-4-6-16(18)12(2)10-13/h3-9,12H,10H2,1-2H3. The summed E-state index contributed by atoms with van der Waals surface area (Å²) < 4.78 is 13.4. The lowest BCUT2D eigenvalue weighted by molar-refractivity contribution is 0.495. The molecular weight excluding hydrogens is 237 g/mol. The number of pyridine rings is 1. The molecule has 3 rings (SSSR count). The molecule has 2 aromatic rings. The van der Waals surface area contributed by atoms with Gasteiger partial charge in [-0.3, -0.25) is 4.98 Å². The van der Waals surface area contributed by atoms with Crippen molar-refractivity contribution in [2.45, 2.75) is 20.3 Å². The van der Waals surface area contributed by atoms with Crippen LogP contribution in [0, 0.1) is 12.8 Å². The van der Waals surface area contributed by atoms with Gasteiger partial charge in [0.2, 0.25) is 0 Å². The highest BCUT2D eigenvalue weighted by atomic mass is 19.1. The summed E-state index contributed by atoms with van der Waals surface area (Å²) in [5, 5.41) is 1.14. The SMILES string of the molecule is Cc1ccc2c(C3=CC=C(F)C(C)C3)ccnc2c1. The molecule has 1 aromatic carbocycles. The topological polar surface area (TPSA) is 12.9 Å².